The van der Waals surface area contributed by atoms with E-state index >= 15 is 0 Å². The molecule has 2 aliphatic rings. The lowest BCUT2D eigenvalue weighted by atomic mass is 9.58. The highest BCUT2D eigenvalue weighted by Gasteiger charge is 2.44. The van der Waals surface area contributed by atoms with Gasteiger partial charge in [-0.25, -0.2) is 0 Å². The van der Waals surface area contributed by atoms with Crippen LogP contribution in [0.5, 0.6) is 0 Å². The molecule has 1 aromatic carbocycles. The summed E-state index contributed by atoms with van der Waals surface area (Å²) in [7, 11) is 0. The lowest BCUT2D eigenvalue weighted by Crippen LogP contribution is -2.46. The van der Waals surface area contributed by atoms with E-state index in [2.05, 4.69) is 42.6 Å². The number of rotatable bonds is 2. The smallest absolute Gasteiger partial charge is 0.00255 e. The van der Waals surface area contributed by atoms with E-state index in [1.807, 2.05) is 0 Å². The summed E-state index contributed by atoms with van der Waals surface area (Å²) in [6, 6.07) is 11.2. The second kappa shape index (κ2) is 5.66. The van der Waals surface area contributed by atoms with Crippen molar-refractivity contribution in [2.75, 3.05) is 13.1 Å². The Balaban J connectivity index is 1.88. The molecule has 1 aromatic rings. The van der Waals surface area contributed by atoms with Gasteiger partial charge in [0.25, 0.3) is 0 Å². The van der Waals surface area contributed by atoms with Crippen LogP contribution in [0.2, 0.25) is 0 Å². The van der Waals surface area contributed by atoms with Crippen molar-refractivity contribution >= 4 is 0 Å². The van der Waals surface area contributed by atoms with Gasteiger partial charge in [-0.05, 0) is 42.7 Å². The molecule has 3 rings (SSSR count). The van der Waals surface area contributed by atoms with Crippen LogP contribution in [0, 0.1) is 11.3 Å². The first-order chi connectivity index (χ1) is 9.34. The van der Waals surface area contributed by atoms with Gasteiger partial charge in [0.2, 0.25) is 0 Å². The Labute approximate surface area is 117 Å². The fraction of sp³-hybridized carbons (Fsp3) is 0.667. The number of hydrogen-bond acceptors (Lipinski definition) is 1. The van der Waals surface area contributed by atoms with Crippen LogP contribution in [0.15, 0.2) is 30.3 Å². The van der Waals surface area contributed by atoms with Crippen LogP contribution in [0.1, 0.15) is 56.9 Å². The van der Waals surface area contributed by atoms with Gasteiger partial charge in [0, 0.05) is 12.5 Å². The third-order valence-electron chi connectivity index (χ3n) is 5.65. The fourth-order valence-electron chi connectivity index (χ4n) is 4.55. The highest BCUT2D eigenvalue weighted by molar-refractivity contribution is 5.24. The van der Waals surface area contributed by atoms with E-state index in [1.54, 1.807) is 5.56 Å². The van der Waals surface area contributed by atoms with Gasteiger partial charge in [0.05, 0.1) is 0 Å². The average Bonchev–Trinajstić information content (AvgIpc) is 2.49. The summed E-state index contributed by atoms with van der Waals surface area (Å²) in [4.78, 5) is 0. The van der Waals surface area contributed by atoms with Gasteiger partial charge in [-0.3, -0.25) is 0 Å². The number of piperidine rings is 1. The third kappa shape index (κ3) is 2.58. The summed E-state index contributed by atoms with van der Waals surface area (Å²) < 4.78 is 0. The van der Waals surface area contributed by atoms with Crippen molar-refractivity contribution in [3.8, 4) is 0 Å². The Morgan fingerprint density at radius 2 is 2.05 bits per heavy atom. The van der Waals surface area contributed by atoms with Crippen LogP contribution in [0.3, 0.4) is 0 Å². The Hall–Kier alpha value is -0.820. The summed E-state index contributed by atoms with van der Waals surface area (Å²) in [5, 5.41) is 3.64. The predicted molar refractivity (Wildman–Crippen MR) is 81.4 cm³/mol. The highest BCUT2D eigenvalue weighted by atomic mass is 14.9. The van der Waals surface area contributed by atoms with Crippen molar-refractivity contribution in [1.29, 1.82) is 0 Å². The molecule has 0 aromatic heterocycles. The molecule has 1 saturated heterocycles. The van der Waals surface area contributed by atoms with E-state index in [9.17, 15) is 0 Å². The van der Waals surface area contributed by atoms with Gasteiger partial charge in [-0.2, -0.15) is 0 Å². The van der Waals surface area contributed by atoms with Crippen molar-refractivity contribution in [2.45, 2.75) is 51.4 Å². The summed E-state index contributed by atoms with van der Waals surface area (Å²) in [5.74, 6) is 1.70. The molecule has 1 nitrogen and oxygen atoms in total. The largest absolute Gasteiger partial charge is 0.316 e. The molecule has 1 aliphatic heterocycles. The molecule has 0 bridgehead atoms. The molecular weight excluding hydrogens is 230 g/mol. The second-order valence-electron chi connectivity index (χ2n) is 6.65. The van der Waals surface area contributed by atoms with Gasteiger partial charge in [0.1, 0.15) is 0 Å². The number of hydrogen-bond donors (Lipinski definition) is 1. The topological polar surface area (TPSA) is 12.0 Å². The van der Waals surface area contributed by atoms with E-state index in [1.165, 1.54) is 51.6 Å². The molecule has 0 amide bonds. The van der Waals surface area contributed by atoms with Crippen LogP contribution in [-0.4, -0.2) is 13.1 Å². The van der Waals surface area contributed by atoms with E-state index in [-0.39, 0.29) is 0 Å². The van der Waals surface area contributed by atoms with Crippen LogP contribution in [-0.2, 0) is 0 Å². The summed E-state index contributed by atoms with van der Waals surface area (Å²) in [5.41, 5.74) is 2.15. The first-order valence-corrected chi connectivity index (χ1v) is 8.10. The molecule has 3 atom stereocenters. The van der Waals surface area contributed by atoms with E-state index in [0.29, 0.717) is 5.41 Å². The number of benzene rings is 1. The van der Waals surface area contributed by atoms with Crippen molar-refractivity contribution in [3.63, 3.8) is 0 Å². The van der Waals surface area contributed by atoms with Crippen LogP contribution < -0.4 is 5.32 Å². The molecule has 1 N–H and O–H groups in total. The van der Waals surface area contributed by atoms with Gasteiger partial charge in [0.15, 0.2) is 0 Å². The maximum Gasteiger partial charge on any atom is 0.00255 e. The molecule has 1 spiro atoms. The standard InChI is InChI=1S/C18H27N/c1-2-15-7-6-10-18(13-15)11-12-19-14-17(18)16-8-4-3-5-9-16/h3-5,8-9,15,17,19H,2,6-7,10-14H2,1H3. The van der Waals surface area contributed by atoms with Crippen LogP contribution >= 0.6 is 0 Å². The second-order valence-corrected chi connectivity index (χ2v) is 6.65. The Bertz CT molecular complexity index is 395. The molecule has 1 heterocycles. The zero-order chi connectivity index (χ0) is 13.1. The Morgan fingerprint density at radius 1 is 1.21 bits per heavy atom. The van der Waals surface area contributed by atoms with Crippen LogP contribution in [0.4, 0.5) is 0 Å². The molecule has 1 saturated carbocycles. The quantitative estimate of drug-likeness (QED) is 0.830. The lowest BCUT2D eigenvalue weighted by Gasteiger charge is -2.49. The molecule has 104 valence electrons. The predicted octanol–water partition coefficient (Wildman–Crippen LogP) is 4.35. The van der Waals surface area contributed by atoms with Crippen molar-refractivity contribution in [3.05, 3.63) is 35.9 Å². The first kappa shape index (κ1) is 13.2. The monoisotopic (exact) mass is 257 g/mol. The van der Waals surface area contributed by atoms with Crippen molar-refractivity contribution in [1.82, 2.24) is 5.32 Å². The zero-order valence-corrected chi connectivity index (χ0v) is 12.2. The molecule has 1 heteroatoms. The minimum atomic E-state index is 0.589. The SMILES string of the molecule is CCC1CCCC2(CCNCC2c2ccccc2)C1. The van der Waals surface area contributed by atoms with Gasteiger partial charge in [-0.1, -0.05) is 56.5 Å². The minimum Gasteiger partial charge on any atom is -0.316 e. The first-order valence-electron chi connectivity index (χ1n) is 8.10. The fourth-order valence-corrected chi connectivity index (χ4v) is 4.55. The highest BCUT2D eigenvalue weighted by Crippen LogP contribution is 2.52. The molecule has 3 unspecified atom stereocenters. The third-order valence-corrected chi connectivity index (χ3v) is 5.65. The normalized spacial score (nSPS) is 35.4. The molecule has 19 heavy (non-hydrogen) atoms. The summed E-state index contributed by atoms with van der Waals surface area (Å²) >= 11 is 0. The average molecular weight is 257 g/mol. The molecule has 1 aliphatic carbocycles. The Kier molecular flexibility index (Phi) is 3.93. The van der Waals surface area contributed by atoms with E-state index < -0.39 is 0 Å². The maximum absolute atomic E-state index is 3.64. The van der Waals surface area contributed by atoms with Crippen molar-refractivity contribution < 1.29 is 0 Å². The maximum atomic E-state index is 3.64. The molecular formula is C18H27N. The zero-order valence-electron chi connectivity index (χ0n) is 12.2. The lowest BCUT2D eigenvalue weighted by molar-refractivity contribution is 0.0689. The molecule has 0 radical (unpaired) electrons. The number of nitrogens with one attached hydrogen (secondary N) is 1. The minimum absolute atomic E-state index is 0.589. The summed E-state index contributed by atoms with van der Waals surface area (Å²) in [6.07, 6.45) is 8.57. The van der Waals surface area contributed by atoms with E-state index in [0.717, 1.165) is 11.8 Å². The summed E-state index contributed by atoms with van der Waals surface area (Å²) in [6.45, 7) is 4.78. The van der Waals surface area contributed by atoms with Gasteiger partial charge >= 0.3 is 0 Å². The molecule has 2 fully saturated rings. The van der Waals surface area contributed by atoms with Gasteiger partial charge < -0.3 is 5.32 Å². The Morgan fingerprint density at radius 3 is 2.84 bits per heavy atom. The van der Waals surface area contributed by atoms with Crippen LogP contribution in [0.25, 0.3) is 0 Å². The van der Waals surface area contributed by atoms with Crippen molar-refractivity contribution in [2.24, 2.45) is 11.3 Å². The van der Waals surface area contributed by atoms with E-state index in [4.69, 9.17) is 0 Å². The van der Waals surface area contributed by atoms with Gasteiger partial charge in [-0.15, -0.1) is 0 Å².